The molecule has 0 fully saturated rings. The van der Waals surface area contributed by atoms with Crippen molar-refractivity contribution in [3.8, 4) is 17.1 Å². The second kappa shape index (κ2) is 9.18. The van der Waals surface area contributed by atoms with E-state index in [0.29, 0.717) is 18.3 Å². The predicted molar refractivity (Wildman–Crippen MR) is 113 cm³/mol. The molecule has 1 amide bonds. The fourth-order valence-electron chi connectivity index (χ4n) is 2.56. The van der Waals surface area contributed by atoms with Gasteiger partial charge in [-0.25, -0.2) is 0 Å². The van der Waals surface area contributed by atoms with Crippen molar-refractivity contribution in [3.63, 3.8) is 0 Å². The minimum Gasteiger partial charge on any atom is -0.493 e. The highest BCUT2D eigenvalue weighted by Gasteiger charge is 2.10. The summed E-state index contributed by atoms with van der Waals surface area (Å²) in [5.41, 5.74) is 2.59. The Hall–Kier alpha value is -3.42. The number of amides is 1. The molecule has 1 heterocycles. The van der Waals surface area contributed by atoms with Crippen LogP contribution in [0.15, 0.2) is 48.5 Å². The maximum atomic E-state index is 12.3. The molecule has 0 atom stereocenters. The molecule has 2 aromatic carbocycles. The number of hydrogen-bond donors (Lipinski definition) is 1. The summed E-state index contributed by atoms with van der Waals surface area (Å²) in [6.07, 6.45) is 0. The van der Waals surface area contributed by atoms with Crippen molar-refractivity contribution in [1.82, 2.24) is 20.2 Å². The van der Waals surface area contributed by atoms with Crippen LogP contribution in [0.25, 0.3) is 11.4 Å². The molecule has 0 spiro atoms. The van der Waals surface area contributed by atoms with E-state index in [0.717, 1.165) is 22.7 Å². The van der Waals surface area contributed by atoms with Crippen molar-refractivity contribution < 1.29 is 9.53 Å². The van der Waals surface area contributed by atoms with Gasteiger partial charge in [0.1, 0.15) is 12.3 Å². The molecule has 0 radical (unpaired) electrons. The molecule has 29 heavy (non-hydrogen) atoms. The van der Waals surface area contributed by atoms with Gasteiger partial charge in [-0.2, -0.15) is 4.80 Å². The fourth-order valence-corrected chi connectivity index (χ4v) is 2.56. The second-order valence-electron chi connectivity index (χ2n) is 7.36. The van der Waals surface area contributed by atoms with Crippen LogP contribution in [0, 0.1) is 5.92 Å². The Bertz CT molecular complexity index is 933. The number of carbonyl (C=O) groups excluding carboxylic acids is 1. The van der Waals surface area contributed by atoms with E-state index in [1.807, 2.05) is 67.5 Å². The molecule has 1 aromatic heterocycles. The first kappa shape index (κ1) is 20.3. The van der Waals surface area contributed by atoms with Crippen molar-refractivity contribution in [2.45, 2.75) is 20.4 Å². The Morgan fingerprint density at radius 3 is 2.41 bits per heavy atom. The first-order chi connectivity index (χ1) is 13.9. The average molecular weight is 394 g/mol. The summed E-state index contributed by atoms with van der Waals surface area (Å²) in [4.78, 5) is 15.5. The van der Waals surface area contributed by atoms with E-state index in [1.165, 1.54) is 4.80 Å². The highest BCUT2D eigenvalue weighted by Crippen LogP contribution is 2.19. The van der Waals surface area contributed by atoms with E-state index in [1.54, 1.807) is 0 Å². The van der Waals surface area contributed by atoms with Crippen LogP contribution in [0.1, 0.15) is 13.8 Å². The number of nitrogens with one attached hydrogen (secondary N) is 1. The molecule has 1 N–H and O–H groups in total. The minimum absolute atomic E-state index is 0.0159. The first-order valence-electron chi connectivity index (χ1n) is 9.49. The zero-order chi connectivity index (χ0) is 20.8. The van der Waals surface area contributed by atoms with Gasteiger partial charge in [0.05, 0.1) is 6.61 Å². The van der Waals surface area contributed by atoms with Crippen LogP contribution in [0.4, 0.5) is 11.4 Å². The zero-order valence-electron chi connectivity index (χ0n) is 17.2. The Morgan fingerprint density at radius 1 is 1.10 bits per heavy atom. The summed E-state index contributed by atoms with van der Waals surface area (Å²) in [6, 6.07) is 15.1. The largest absolute Gasteiger partial charge is 0.493 e. The highest BCUT2D eigenvalue weighted by atomic mass is 16.5. The molecule has 3 rings (SSSR count). The summed E-state index contributed by atoms with van der Waals surface area (Å²) in [7, 11) is 3.93. The van der Waals surface area contributed by atoms with Crippen LogP contribution in [-0.2, 0) is 11.3 Å². The maximum Gasteiger partial charge on any atom is 0.248 e. The Labute approximate surface area is 170 Å². The van der Waals surface area contributed by atoms with Crippen LogP contribution in [0.2, 0.25) is 0 Å². The predicted octanol–water partition coefficient (Wildman–Crippen LogP) is 3.08. The number of nitrogens with zero attached hydrogens (tertiary/aromatic N) is 5. The van der Waals surface area contributed by atoms with Crippen molar-refractivity contribution in [2.24, 2.45) is 5.92 Å². The van der Waals surface area contributed by atoms with Crippen molar-refractivity contribution in [2.75, 3.05) is 30.9 Å². The van der Waals surface area contributed by atoms with Gasteiger partial charge in [-0.15, -0.1) is 10.2 Å². The molecule has 8 nitrogen and oxygen atoms in total. The number of aromatic nitrogens is 4. The molecule has 0 saturated heterocycles. The molecule has 0 unspecified atom stereocenters. The molecule has 0 aliphatic heterocycles. The molecule has 3 aromatic rings. The fraction of sp³-hybridized carbons (Fsp3) is 0.333. The van der Waals surface area contributed by atoms with E-state index >= 15 is 0 Å². The Kier molecular flexibility index (Phi) is 6.43. The average Bonchev–Trinajstić information content (AvgIpc) is 3.15. The number of tetrazole rings is 1. The normalized spacial score (nSPS) is 10.8. The second-order valence-corrected chi connectivity index (χ2v) is 7.36. The third-order valence-electron chi connectivity index (χ3n) is 4.10. The van der Waals surface area contributed by atoms with Gasteiger partial charge in [0.15, 0.2) is 0 Å². The number of benzene rings is 2. The molecule has 0 saturated carbocycles. The van der Waals surface area contributed by atoms with Crippen LogP contribution < -0.4 is 15.0 Å². The number of carbonyl (C=O) groups is 1. The number of rotatable bonds is 8. The molecule has 8 heteroatoms. The number of anilines is 2. The third-order valence-corrected chi connectivity index (χ3v) is 4.10. The van der Waals surface area contributed by atoms with Crippen molar-refractivity contribution in [3.05, 3.63) is 48.5 Å². The standard InChI is InChI=1S/C21H26N6O2/c1-15(2)14-29-19-11-5-16(6-12-19)21-23-25-27(24-21)13-20(28)22-17-7-9-18(10-8-17)26(3)4/h5-12,15H,13-14H2,1-4H3,(H,22,28). The summed E-state index contributed by atoms with van der Waals surface area (Å²) in [6.45, 7) is 4.86. The van der Waals surface area contributed by atoms with Gasteiger partial charge in [-0.3, -0.25) is 4.79 Å². The summed E-state index contributed by atoms with van der Waals surface area (Å²) in [5.74, 6) is 1.51. The molecular formula is C21H26N6O2. The lowest BCUT2D eigenvalue weighted by Crippen LogP contribution is -2.20. The summed E-state index contributed by atoms with van der Waals surface area (Å²) >= 11 is 0. The molecule has 152 valence electrons. The summed E-state index contributed by atoms with van der Waals surface area (Å²) < 4.78 is 5.68. The van der Waals surface area contributed by atoms with E-state index < -0.39 is 0 Å². The lowest BCUT2D eigenvalue weighted by molar-refractivity contribution is -0.117. The lowest BCUT2D eigenvalue weighted by Gasteiger charge is -2.12. The van der Waals surface area contributed by atoms with Crippen LogP contribution in [0.3, 0.4) is 0 Å². The van der Waals surface area contributed by atoms with Gasteiger partial charge in [-0.1, -0.05) is 13.8 Å². The van der Waals surface area contributed by atoms with Gasteiger partial charge in [0, 0.05) is 31.0 Å². The Morgan fingerprint density at radius 2 is 1.79 bits per heavy atom. The van der Waals surface area contributed by atoms with Gasteiger partial charge < -0.3 is 15.0 Å². The highest BCUT2D eigenvalue weighted by molar-refractivity contribution is 5.90. The van der Waals surface area contributed by atoms with E-state index in [-0.39, 0.29) is 12.5 Å². The van der Waals surface area contributed by atoms with Crippen molar-refractivity contribution >= 4 is 17.3 Å². The van der Waals surface area contributed by atoms with E-state index in [4.69, 9.17) is 4.74 Å². The van der Waals surface area contributed by atoms with Crippen molar-refractivity contribution in [1.29, 1.82) is 0 Å². The van der Waals surface area contributed by atoms with Gasteiger partial charge in [-0.05, 0) is 59.7 Å². The Balaban J connectivity index is 1.57. The number of hydrogen-bond acceptors (Lipinski definition) is 6. The third kappa shape index (κ3) is 5.78. The van der Waals surface area contributed by atoms with Gasteiger partial charge in [0.2, 0.25) is 11.7 Å². The quantitative estimate of drug-likeness (QED) is 0.632. The topological polar surface area (TPSA) is 85.2 Å². The number of ether oxygens (including phenoxy) is 1. The van der Waals surface area contributed by atoms with Crippen LogP contribution in [-0.4, -0.2) is 46.8 Å². The molecule has 0 bridgehead atoms. The van der Waals surface area contributed by atoms with Gasteiger partial charge in [0.25, 0.3) is 0 Å². The van der Waals surface area contributed by atoms with Gasteiger partial charge >= 0.3 is 0 Å². The first-order valence-corrected chi connectivity index (χ1v) is 9.49. The maximum absolute atomic E-state index is 12.3. The minimum atomic E-state index is -0.219. The van der Waals surface area contributed by atoms with Crippen LogP contribution in [0.5, 0.6) is 5.75 Å². The SMILES string of the molecule is CC(C)COc1ccc(-c2nnn(CC(=O)Nc3ccc(N(C)C)cc3)n2)cc1. The van der Waals surface area contributed by atoms with Crippen LogP contribution >= 0.6 is 0 Å². The lowest BCUT2D eigenvalue weighted by atomic mass is 10.2. The molecular weight excluding hydrogens is 368 g/mol. The monoisotopic (exact) mass is 394 g/mol. The smallest absolute Gasteiger partial charge is 0.248 e. The molecule has 0 aliphatic carbocycles. The van der Waals surface area contributed by atoms with E-state index in [2.05, 4.69) is 34.6 Å². The zero-order valence-corrected chi connectivity index (χ0v) is 17.2. The molecule has 0 aliphatic rings. The van der Waals surface area contributed by atoms with E-state index in [9.17, 15) is 4.79 Å². The summed E-state index contributed by atoms with van der Waals surface area (Å²) in [5, 5.41) is 15.1.